The molecule has 28 heavy (non-hydrogen) atoms. The maximum atomic E-state index is 12.7. The molecule has 1 amide bonds. The molecule has 3 rings (SSSR count). The van der Waals surface area contributed by atoms with E-state index in [2.05, 4.69) is 10.3 Å². The van der Waals surface area contributed by atoms with E-state index in [1.807, 2.05) is 29.6 Å². The van der Waals surface area contributed by atoms with E-state index in [0.717, 1.165) is 16.1 Å². The van der Waals surface area contributed by atoms with Gasteiger partial charge in [0.25, 0.3) is 11.6 Å². The Morgan fingerprint density at radius 3 is 2.82 bits per heavy atom. The Morgan fingerprint density at radius 2 is 2.14 bits per heavy atom. The number of carbonyl (C=O) groups excluding carboxylic acids is 1. The van der Waals surface area contributed by atoms with Crippen LogP contribution in [0.5, 0.6) is 5.75 Å². The van der Waals surface area contributed by atoms with E-state index in [0.29, 0.717) is 17.9 Å². The summed E-state index contributed by atoms with van der Waals surface area (Å²) in [6.45, 7) is 4.05. The fourth-order valence-electron chi connectivity index (χ4n) is 2.78. The molecule has 7 nitrogen and oxygen atoms in total. The second-order valence-corrected chi connectivity index (χ2v) is 6.94. The highest BCUT2D eigenvalue weighted by Gasteiger charge is 2.20. The fraction of sp³-hybridized carbons (Fsp3) is 0.200. The number of aromatic nitrogens is 1. The van der Waals surface area contributed by atoms with Crippen LogP contribution in [0.25, 0.3) is 10.6 Å². The Bertz CT molecular complexity index is 1000. The van der Waals surface area contributed by atoms with Crippen molar-refractivity contribution in [3.63, 3.8) is 0 Å². The van der Waals surface area contributed by atoms with Gasteiger partial charge in [-0.05, 0) is 31.5 Å². The molecule has 0 aliphatic rings. The largest absolute Gasteiger partial charge is 0.493 e. The number of thiazole rings is 1. The smallest absolute Gasteiger partial charge is 0.273 e. The van der Waals surface area contributed by atoms with Gasteiger partial charge < -0.3 is 10.1 Å². The van der Waals surface area contributed by atoms with E-state index in [1.165, 1.54) is 12.1 Å². The Kier molecular flexibility index (Phi) is 6.00. The number of aryl methyl sites for hydroxylation is 1. The number of hydrogen-bond donors (Lipinski definition) is 1. The lowest BCUT2D eigenvalue weighted by atomic mass is 10.1. The van der Waals surface area contributed by atoms with E-state index in [4.69, 9.17) is 4.74 Å². The highest BCUT2D eigenvalue weighted by atomic mass is 32.1. The van der Waals surface area contributed by atoms with Crippen LogP contribution in [-0.4, -0.2) is 22.4 Å². The van der Waals surface area contributed by atoms with E-state index in [1.54, 1.807) is 31.4 Å². The molecule has 1 heterocycles. The van der Waals surface area contributed by atoms with Gasteiger partial charge in [-0.25, -0.2) is 4.98 Å². The molecule has 8 heteroatoms. The molecule has 0 unspecified atom stereocenters. The molecule has 0 bridgehead atoms. The average molecular weight is 397 g/mol. The van der Waals surface area contributed by atoms with E-state index in [-0.39, 0.29) is 17.8 Å². The van der Waals surface area contributed by atoms with Crippen LogP contribution in [-0.2, 0) is 6.54 Å². The Hall–Kier alpha value is -3.26. The number of carbonyl (C=O) groups is 1. The van der Waals surface area contributed by atoms with Crippen LogP contribution in [0.2, 0.25) is 0 Å². The molecule has 144 valence electrons. The summed E-state index contributed by atoms with van der Waals surface area (Å²) in [6.07, 6.45) is 1.74. The first kappa shape index (κ1) is 19.5. The number of benzene rings is 2. The average Bonchev–Trinajstić information content (AvgIpc) is 3.21. The molecule has 0 fully saturated rings. The minimum absolute atomic E-state index is 0.112. The number of amides is 1. The topological polar surface area (TPSA) is 94.4 Å². The lowest BCUT2D eigenvalue weighted by molar-refractivity contribution is -0.385. The predicted octanol–water partition coefficient (Wildman–Crippen LogP) is 4.36. The van der Waals surface area contributed by atoms with E-state index < -0.39 is 10.8 Å². The van der Waals surface area contributed by atoms with Crippen molar-refractivity contribution in [1.29, 1.82) is 0 Å². The van der Waals surface area contributed by atoms with Gasteiger partial charge in [-0.1, -0.05) is 18.2 Å². The first-order valence-electron chi connectivity index (χ1n) is 8.68. The molecule has 0 spiro atoms. The quantitative estimate of drug-likeness (QED) is 0.472. The van der Waals surface area contributed by atoms with Crippen molar-refractivity contribution in [3.8, 4) is 16.3 Å². The molecular weight excluding hydrogens is 378 g/mol. The van der Waals surface area contributed by atoms with Crippen LogP contribution >= 0.6 is 11.3 Å². The standard InChI is InChI=1S/C20H19N3O4S/c1-3-27-18-9-13(2)17(23(25)26)11-16(18)19(24)22-12-14-5-4-6-15(10-14)20-21-7-8-28-20/h4-11H,3,12H2,1-2H3,(H,22,24). The minimum atomic E-state index is -0.501. The molecule has 0 aliphatic heterocycles. The van der Waals surface area contributed by atoms with Gasteiger partial charge in [-0.15, -0.1) is 11.3 Å². The van der Waals surface area contributed by atoms with Gasteiger partial charge in [0.05, 0.1) is 17.1 Å². The number of nitrogens with zero attached hydrogens (tertiary/aromatic N) is 2. The van der Waals surface area contributed by atoms with Gasteiger partial charge in [0, 0.05) is 35.3 Å². The van der Waals surface area contributed by atoms with Crippen LogP contribution in [0, 0.1) is 17.0 Å². The molecule has 2 aromatic carbocycles. The third-order valence-electron chi connectivity index (χ3n) is 4.10. The first-order valence-corrected chi connectivity index (χ1v) is 9.56. The number of nitrogens with one attached hydrogen (secondary N) is 1. The zero-order valence-electron chi connectivity index (χ0n) is 15.5. The van der Waals surface area contributed by atoms with Crippen molar-refractivity contribution in [2.75, 3.05) is 6.61 Å². The van der Waals surface area contributed by atoms with E-state index in [9.17, 15) is 14.9 Å². The maximum Gasteiger partial charge on any atom is 0.273 e. The van der Waals surface area contributed by atoms with Crippen molar-refractivity contribution < 1.29 is 14.5 Å². The summed E-state index contributed by atoms with van der Waals surface area (Å²) in [5.74, 6) is -0.0918. The summed E-state index contributed by atoms with van der Waals surface area (Å²) in [5.41, 5.74) is 2.36. The van der Waals surface area contributed by atoms with E-state index >= 15 is 0 Å². The summed E-state index contributed by atoms with van der Waals surface area (Å²) >= 11 is 1.54. The van der Waals surface area contributed by atoms with Crippen molar-refractivity contribution in [2.24, 2.45) is 0 Å². The van der Waals surface area contributed by atoms with Crippen LogP contribution in [0.15, 0.2) is 48.0 Å². The van der Waals surface area contributed by atoms with Gasteiger partial charge in [-0.2, -0.15) is 0 Å². The zero-order valence-corrected chi connectivity index (χ0v) is 16.3. The first-order chi connectivity index (χ1) is 13.5. The van der Waals surface area contributed by atoms with Gasteiger partial charge in [0.15, 0.2) is 0 Å². The molecule has 1 N–H and O–H groups in total. The van der Waals surface area contributed by atoms with Crippen molar-refractivity contribution >= 4 is 22.9 Å². The van der Waals surface area contributed by atoms with Crippen molar-refractivity contribution in [1.82, 2.24) is 10.3 Å². The van der Waals surface area contributed by atoms with Crippen LogP contribution in [0.1, 0.15) is 28.4 Å². The molecule has 0 saturated heterocycles. The summed E-state index contributed by atoms with van der Waals surface area (Å²) in [6, 6.07) is 10.5. The highest BCUT2D eigenvalue weighted by Crippen LogP contribution is 2.28. The molecule has 0 radical (unpaired) electrons. The number of hydrogen-bond acceptors (Lipinski definition) is 6. The van der Waals surface area contributed by atoms with Crippen molar-refractivity contribution in [2.45, 2.75) is 20.4 Å². The number of nitro groups is 1. The molecule has 3 aromatic rings. The summed E-state index contributed by atoms with van der Waals surface area (Å²) in [5, 5.41) is 16.8. The van der Waals surface area contributed by atoms with Crippen LogP contribution < -0.4 is 10.1 Å². The molecule has 1 aromatic heterocycles. The van der Waals surface area contributed by atoms with Gasteiger partial charge in [0.1, 0.15) is 10.8 Å². The van der Waals surface area contributed by atoms with Crippen LogP contribution in [0.4, 0.5) is 5.69 Å². The van der Waals surface area contributed by atoms with Crippen LogP contribution in [0.3, 0.4) is 0 Å². The Balaban J connectivity index is 1.80. The molecule has 0 saturated carbocycles. The fourth-order valence-corrected chi connectivity index (χ4v) is 3.41. The van der Waals surface area contributed by atoms with Gasteiger partial charge in [-0.3, -0.25) is 14.9 Å². The predicted molar refractivity (Wildman–Crippen MR) is 108 cm³/mol. The number of rotatable bonds is 7. The summed E-state index contributed by atoms with van der Waals surface area (Å²) in [7, 11) is 0. The lowest BCUT2D eigenvalue weighted by Gasteiger charge is -2.12. The van der Waals surface area contributed by atoms with Crippen molar-refractivity contribution in [3.05, 3.63) is 74.8 Å². The normalized spacial score (nSPS) is 10.5. The number of ether oxygens (including phenoxy) is 1. The maximum absolute atomic E-state index is 12.7. The summed E-state index contributed by atoms with van der Waals surface area (Å²) in [4.78, 5) is 27.7. The van der Waals surface area contributed by atoms with Gasteiger partial charge in [0.2, 0.25) is 0 Å². The molecule has 0 aliphatic carbocycles. The minimum Gasteiger partial charge on any atom is -0.493 e. The van der Waals surface area contributed by atoms with Gasteiger partial charge >= 0.3 is 0 Å². The third kappa shape index (κ3) is 4.34. The Morgan fingerprint density at radius 1 is 1.32 bits per heavy atom. The second-order valence-electron chi connectivity index (χ2n) is 6.05. The molecular formula is C20H19N3O4S. The highest BCUT2D eigenvalue weighted by molar-refractivity contribution is 7.13. The Labute approximate surface area is 166 Å². The zero-order chi connectivity index (χ0) is 20.1. The second kappa shape index (κ2) is 8.62. The number of nitro benzene ring substituents is 1. The lowest BCUT2D eigenvalue weighted by Crippen LogP contribution is -2.23. The monoisotopic (exact) mass is 397 g/mol. The third-order valence-corrected chi connectivity index (χ3v) is 4.92. The summed E-state index contributed by atoms with van der Waals surface area (Å²) < 4.78 is 5.50. The molecule has 0 atom stereocenters. The SMILES string of the molecule is CCOc1cc(C)c([N+](=O)[O-])cc1C(=O)NCc1cccc(-c2nccs2)c1.